The van der Waals surface area contributed by atoms with Crippen LogP contribution in [-0.4, -0.2) is 25.9 Å². The van der Waals surface area contributed by atoms with Crippen molar-refractivity contribution in [1.29, 1.82) is 5.26 Å². The number of benzene rings is 1. The molecule has 0 fully saturated rings. The van der Waals surface area contributed by atoms with E-state index in [1.54, 1.807) is 25.3 Å². The molecule has 0 aromatic heterocycles. The van der Waals surface area contributed by atoms with Crippen LogP contribution in [0, 0.1) is 11.3 Å². The van der Waals surface area contributed by atoms with Gasteiger partial charge in [-0.2, -0.15) is 5.26 Å². The highest BCUT2D eigenvalue weighted by molar-refractivity contribution is 6.33. The lowest BCUT2D eigenvalue weighted by Crippen LogP contribution is -2.29. The molecular weight excluding hydrogens is 314 g/mol. The third kappa shape index (κ3) is 6.81. The fourth-order valence-electron chi connectivity index (χ4n) is 1.90. The van der Waals surface area contributed by atoms with Crippen molar-refractivity contribution in [2.75, 3.05) is 19.5 Å². The second-order valence-corrected chi connectivity index (χ2v) is 5.54. The standard InChI is InChI=1S/C17H24ClN3O2/c1-4-13(9-12(2)22-3)21-14(11-19)7-8-23-15-5-6-17(20)16(18)10-15/h5-6,9-10,12,14,21H,4,7-8,20H2,1-3H3/b13-9+/t12?,14-/m0/s1. The third-order valence-electron chi connectivity index (χ3n) is 3.35. The number of nitrogens with two attached hydrogens (primary N) is 1. The van der Waals surface area contributed by atoms with Crippen molar-refractivity contribution in [3.8, 4) is 11.8 Å². The summed E-state index contributed by atoms with van der Waals surface area (Å²) in [5, 5.41) is 13.0. The van der Waals surface area contributed by atoms with Crippen LogP contribution in [0.15, 0.2) is 30.0 Å². The van der Waals surface area contributed by atoms with Crippen LogP contribution in [0.25, 0.3) is 0 Å². The van der Waals surface area contributed by atoms with E-state index in [0.29, 0.717) is 29.5 Å². The Morgan fingerprint density at radius 3 is 2.83 bits per heavy atom. The van der Waals surface area contributed by atoms with Gasteiger partial charge in [0.05, 0.1) is 29.5 Å². The Bertz CT molecular complexity index is 569. The number of hydrogen-bond donors (Lipinski definition) is 2. The van der Waals surface area contributed by atoms with E-state index in [2.05, 4.69) is 11.4 Å². The number of nitrogens with zero attached hydrogens (tertiary/aromatic N) is 1. The molecule has 1 aromatic carbocycles. The summed E-state index contributed by atoms with van der Waals surface area (Å²) in [6.07, 6.45) is 3.34. The fourth-order valence-corrected chi connectivity index (χ4v) is 2.07. The van der Waals surface area contributed by atoms with Gasteiger partial charge in [-0.3, -0.25) is 0 Å². The molecular formula is C17H24ClN3O2. The number of ether oxygens (including phenoxy) is 2. The van der Waals surface area contributed by atoms with E-state index in [0.717, 1.165) is 12.1 Å². The number of halogens is 1. The van der Waals surface area contributed by atoms with Crippen molar-refractivity contribution in [3.05, 3.63) is 35.0 Å². The number of nitrogens with one attached hydrogen (secondary N) is 1. The Hall–Kier alpha value is -1.90. The van der Waals surface area contributed by atoms with Crippen LogP contribution >= 0.6 is 11.6 Å². The van der Waals surface area contributed by atoms with Crippen molar-refractivity contribution in [2.24, 2.45) is 0 Å². The molecule has 0 aliphatic heterocycles. The molecule has 0 heterocycles. The zero-order valence-electron chi connectivity index (χ0n) is 13.8. The second-order valence-electron chi connectivity index (χ2n) is 5.13. The average molecular weight is 338 g/mol. The molecule has 0 saturated carbocycles. The highest BCUT2D eigenvalue weighted by Crippen LogP contribution is 2.24. The van der Waals surface area contributed by atoms with Crippen LogP contribution in [-0.2, 0) is 4.74 Å². The highest BCUT2D eigenvalue weighted by atomic mass is 35.5. The molecule has 0 aliphatic rings. The second kappa shape index (κ2) is 9.98. The first-order valence-electron chi connectivity index (χ1n) is 7.57. The molecule has 5 nitrogen and oxygen atoms in total. The van der Waals surface area contributed by atoms with Gasteiger partial charge in [0, 0.05) is 25.3 Å². The van der Waals surface area contributed by atoms with E-state index in [1.165, 1.54) is 0 Å². The predicted octanol–water partition coefficient (Wildman–Crippen LogP) is 3.50. The van der Waals surface area contributed by atoms with E-state index >= 15 is 0 Å². The van der Waals surface area contributed by atoms with Gasteiger partial charge in [-0.05, 0) is 31.6 Å². The molecule has 0 bridgehead atoms. The molecule has 0 amide bonds. The lowest BCUT2D eigenvalue weighted by atomic mass is 10.2. The van der Waals surface area contributed by atoms with Crippen molar-refractivity contribution < 1.29 is 9.47 Å². The summed E-state index contributed by atoms with van der Waals surface area (Å²) in [6.45, 7) is 4.39. The summed E-state index contributed by atoms with van der Waals surface area (Å²) < 4.78 is 10.8. The van der Waals surface area contributed by atoms with Crippen LogP contribution < -0.4 is 15.8 Å². The van der Waals surface area contributed by atoms with Crippen LogP contribution in [0.5, 0.6) is 5.75 Å². The number of rotatable bonds is 9. The summed E-state index contributed by atoms with van der Waals surface area (Å²) in [7, 11) is 1.65. The number of hydrogen-bond acceptors (Lipinski definition) is 5. The summed E-state index contributed by atoms with van der Waals surface area (Å²) in [6, 6.07) is 7.05. The molecule has 0 spiro atoms. The van der Waals surface area contributed by atoms with Crippen molar-refractivity contribution >= 4 is 17.3 Å². The monoisotopic (exact) mass is 337 g/mol. The lowest BCUT2D eigenvalue weighted by molar-refractivity contribution is 0.155. The van der Waals surface area contributed by atoms with Gasteiger partial charge in [0.1, 0.15) is 11.8 Å². The van der Waals surface area contributed by atoms with E-state index in [4.69, 9.17) is 26.8 Å². The van der Waals surface area contributed by atoms with Gasteiger partial charge in [-0.25, -0.2) is 0 Å². The number of nitriles is 1. The maximum absolute atomic E-state index is 9.28. The zero-order valence-corrected chi connectivity index (χ0v) is 14.6. The molecule has 1 unspecified atom stereocenters. The molecule has 0 aliphatic carbocycles. The van der Waals surface area contributed by atoms with Gasteiger partial charge in [0.15, 0.2) is 0 Å². The summed E-state index contributed by atoms with van der Waals surface area (Å²) >= 11 is 5.94. The molecule has 1 rings (SSSR count). The minimum Gasteiger partial charge on any atom is -0.493 e. The Kier molecular flexibility index (Phi) is 8.31. The van der Waals surface area contributed by atoms with Gasteiger partial charge in [0.2, 0.25) is 0 Å². The Labute approximate surface area is 143 Å². The molecule has 0 saturated heterocycles. The number of allylic oxidation sites excluding steroid dienone is 1. The van der Waals surface area contributed by atoms with Crippen molar-refractivity contribution in [1.82, 2.24) is 5.32 Å². The Balaban J connectivity index is 2.51. The molecule has 1 aromatic rings. The Morgan fingerprint density at radius 2 is 2.26 bits per heavy atom. The maximum Gasteiger partial charge on any atom is 0.120 e. The lowest BCUT2D eigenvalue weighted by Gasteiger charge is -2.17. The molecule has 6 heteroatoms. The normalized spacial score (nSPS) is 14.0. The topological polar surface area (TPSA) is 80.3 Å². The van der Waals surface area contributed by atoms with Gasteiger partial charge in [-0.15, -0.1) is 0 Å². The van der Waals surface area contributed by atoms with E-state index in [1.807, 2.05) is 19.9 Å². The number of nitrogen functional groups attached to an aromatic ring is 1. The van der Waals surface area contributed by atoms with Crippen molar-refractivity contribution in [3.63, 3.8) is 0 Å². The third-order valence-corrected chi connectivity index (χ3v) is 3.68. The molecule has 23 heavy (non-hydrogen) atoms. The number of anilines is 1. The Morgan fingerprint density at radius 1 is 1.52 bits per heavy atom. The molecule has 126 valence electrons. The quantitative estimate of drug-likeness (QED) is 0.674. The number of methoxy groups -OCH3 is 1. The van der Waals surface area contributed by atoms with Gasteiger partial charge in [-0.1, -0.05) is 18.5 Å². The zero-order chi connectivity index (χ0) is 17.2. The molecule has 0 radical (unpaired) electrons. The minimum absolute atomic E-state index is 0.00459. The first-order valence-corrected chi connectivity index (χ1v) is 7.95. The van der Waals surface area contributed by atoms with Gasteiger partial charge in [0.25, 0.3) is 0 Å². The summed E-state index contributed by atoms with van der Waals surface area (Å²) in [5.41, 5.74) is 7.15. The van der Waals surface area contributed by atoms with E-state index < -0.39 is 0 Å². The van der Waals surface area contributed by atoms with Crippen LogP contribution in [0.4, 0.5) is 5.69 Å². The molecule has 2 atom stereocenters. The summed E-state index contributed by atoms with van der Waals surface area (Å²) in [5.74, 6) is 0.639. The predicted molar refractivity (Wildman–Crippen MR) is 93.4 cm³/mol. The van der Waals surface area contributed by atoms with E-state index in [9.17, 15) is 5.26 Å². The first-order chi connectivity index (χ1) is 11.0. The average Bonchev–Trinajstić information content (AvgIpc) is 2.55. The summed E-state index contributed by atoms with van der Waals surface area (Å²) in [4.78, 5) is 0. The molecule has 3 N–H and O–H groups in total. The minimum atomic E-state index is -0.325. The first kappa shape index (κ1) is 19.1. The van der Waals surface area contributed by atoms with Gasteiger partial charge >= 0.3 is 0 Å². The van der Waals surface area contributed by atoms with Crippen LogP contribution in [0.2, 0.25) is 5.02 Å². The highest BCUT2D eigenvalue weighted by Gasteiger charge is 2.10. The van der Waals surface area contributed by atoms with Crippen LogP contribution in [0.3, 0.4) is 0 Å². The van der Waals surface area contributed by atoms with E-state index in [-0.39, 0.29) is 12.1 Å². The maximum atomic E-state index is 9.28. The van der Waals surface area contributed by atoms with Gasteiger partial charge < -0.3 is 20.5 Å². The van der Waals surface area contributed by atoms with Crippen LogP contribution in [0.1, 0.15) is 26.7 Å². The van der Waals surface area contributed by atoms with Crippen molar-refractivity contribution in [2.45, 2.75) is 38.8 Å². The fraction of sp³-hybridized carbons (Fsp3) is 0.471. The smallest absolute Gasteiger partial charge is 0.120 e. The largest absolute Gasteiger partial charge is 0.493 e. The SMILES string of the molecule is CC/C(=C\C(C)OC)N[C@H](C#N)CCOc1ccc(N)c(Cl)c1.